The molecule has 0 radical (unpaired) electrons. The number of benzene rings is 1. The summed E-state index contributed by atoms with van der Waals surface area (Å²) in [6.45, 7) is 4.89. The van der Waals surface area contributed by atoms with Gasteiger partial charge in [-0.1, -0.05) is 6.07 Å². The Bertz CT molecular complexity index is 452. The monoisotopic (exact) mass is 261 g/mol. The molecule has 1 aromatic carbocycles. The van der Waals surface area contributed by atoms with Crippen LogP contribution in [0.25, 0.3) is 0 Å². The molecule has 1 aliphatic rings. The van der Waals surface area contributed by atoms with Crippen molar-refractivity contribution in [3.8, 4) is 0 Å². The molecule has 0 unspecified atom stereocenters. The molecule has 2 rings (SSSR count). The molecule has 104 valence electrons. The number of aryl methyl sites for hydroxylation is 2. The number of rotatable bonds is 5. The second-order valence-corrected chi connectivity index (χ2v) is 5.46. The van der Waals surface area contributed by atoms with Gasteiger partial charge in [0.15, 0.2) is 0 Å². The Balaban J connectivity index is 2.15. The Morgan fingerprint density at radius 3 is 2.58 bits per heavy atom. The molecule has 0 aromatic heterocycles. The van der Waals surface area contributed by atoms with Gasteiger partial charge in [0, 0.05) is 24.8 Å². The maximum Gasteiger partial charge on any atom is 0.254 e. The zero-order valence-electron chi connectivity index (χ0n) is 11.9. The summed E-state index contributed by atoms with van der Waals surface area (Å²) < 4.78 is 0. The number of amides is 1. The number of aliphatic hydroxyl groups is 1. The van der Waals surface area contributed by atoms with Crippen LogP contribution in [-0.4, -0.2) is 35.1 Å². The Morgan fingerprint density at radius 1 is 1.32 bits per heavy atom. The van der Waals surface area contributed by atoms with Crippen LogP contribution in [0.2, 0.25) is 0 Å². The van der Waals surface area contributed by atoms with E-state index in [0.717, 1.165) is 24.0 Å². The molecule has 3 heteroatoms. The fourth-order valence-corrected chi connectivity index (χ4v) is 2.43. The van der Waals surface area contributed by atoms with Crippen LogP contribution < -0.4 is 0 Å². The van der Waals surface area contributed by atoms with Crippen LogP contribution in [0.5, 0.6) is 0 Å². The maximum absolute atomic E-state index is 12.6. The number of hydrogen-bond donors (Lipinski definition) is 1. The molecule has 0 heterocycles. The summed E-state index contributed by atoms with van der Waals surface area (Å²) in [7, 11) is 0. The normalized spacial score (nSPS) is 15.1. The van der Waals surface area contributed by atoms with Gasteiger partial charge in [0.25, 0.3) is 5.91 Å². The van der Waals surface area contributed by atoms with Crippen LogP contribution in [0.3, 0.4) is 0 Å². The largest absolute Gasteiger partial charge is 0.396 e. The molecular formula is C16H23NO2. The lowest BCUT2D eigenvalue weighted by molar-refractivity contribution is 0.0562. The number of aliphatic hydroxyl groups excluding tert-OH is 1. The summed E-state index contributed by atoms with van der Waals surface area (Å²) in [4.78, 5) is 14.5. The van der Waals surface area contributed by atoms with Crippen molar-refractivity contribution in [1.82, 2.24) is 4.90 Å². The molecule has 0 atom stereocenters. The molecule has 1 aliphatic carbocycles. The van der Waals surface area contributed by atoms with Crippen molar-refractivity contribution in [2.24, 2.45) is 0 Å². The zero-order chi connectivity index (χ0) is 13.8. The van der Waals surface area contributed by atoms with Gasteiger partial charge in [-0.3, -0.25) is 4.79 Å². The highest BCUT2D eigenvalue weighted by Crippen LogP contribution is 2.26. The quantitative estimate of drug-likeness (QED) is 0.885. The molecule has 0 bridgehead atoms. The highest BCUT2D eigenvalue weighted by molar-refractivity contribution is 5.94. The molecule has 1 N–H and O–H groups in total. The summed E-state index contributed by atoms with van der Waals surface area (Å²) in [5.41, 5.74) is 3.14. The lowest BCUT2D eigenvalue weighted by Crippen LogP contribution is -2.45. The molecule has 0 aliphatic heterocycles. The van der Waals surface area contributed by atoms with Crippen LogP contribution in [0, 0.1) is 13.8 Å². The first kappa shape index (κ1) is 14.1. The van der Waals surface area contributed by atoms with Crippen molar-refractivity contribution >= 4 is 5.91 Å². The van der Waals surface area contributed by atoms with E-state index in [9.17, 15) is 4.79 Å². The average molecular weight is 261 g/mol. The number of carbonyl (C=O) groups is 1. The summed E-state index contributed by atoms with van der Waals surface area (Å²) in [6, 6.07) is 6.27. The Kier molecular flexibility index (Phi) is 4.59. The van der Waals surface area contributed by atoms with Crippen LogP contribution >= 0.6 is 0 Å². The van der Waals surface area contributed by atoms with Gasteiger partial charge >= 0.3 is 0 Å². The van der Waals surface area contributed by atoms with Crippen molar-refractivity contribution in [1.29, 1.82) is 0 Å². The van der Waals surface area contributed by atoms with E-state index in [1.54, 1.807) is 0 Å². The summed E-state index contributed by atoms with van der Waals surface area (Å²) in [6.07, 6.45) is 4.07. The second kappa shape index (κ2) is 6.20. The van der Waals surface area contributed by atoms with Crippen molar-refractivity contribution in [2.45, 2.75) is 45.6 Å². The van der Waals surface area contributed by atoms with E-state index >= 15 is 0 Å². The molecular weight excluding hydrogens is 238 g/mol. The minimum absolute atomic E-state index is 0.112. The number of carbonyl (C=O) groups excluding carboxylic acids is 1. The first-order chi connectivity index (χ1) is 9.13. The molecule has 0 saturated heterocycles. The first-order valence-corrected chi connectivity index (χ1v) is 7.12. The molecule has 1 aromatic rings. The third-order valence-electron chi connectivity index (χ3n) is 4.09. The standard InChI is InChI=1S/C16H23NO2/c1-12-7-8-14(11-13(12)2)16(19)17(9-4-10-18)15-5-3-6-15/h7-8,11,15,18H,3-6,9-10H2,1-2H3. The predicted molar refractivity (Wildman–Crippen MR) is 76.3 cm³/mol. The average Bonchev–Trinajstić information content (AvgIpc) is 2.34. The molecule has 3 nitrogen and oxygen atoms in total. The van der Waals surface area contributed by atoms with E-state index in [1.807, 2.05) is 30.0 Å². The Hall–Kier alpha value is -1.35. The van der Waals surface area contributed by atoms with E-state index in [1.165, 1.54) is 12.0 Å². The molecule has 1 saturated carbocycles. The van der Waals surface area contributed by atoms with E-state index in [-0.39, 0.29) is 12.5 Å². The van der Waals surface area contributed by atoms with Gasteiger partial charge in [-0.25, -0.2) is 0 Å². The fraction of sp³-hybridized carbons (Fsp3) is 0.562. The fourth-order valence-electron chi connectivity index (χ4n) is 2.43. The highest BCUT2D eigenvalue weighted by Gasteiger charge is 2.28. The SMILES string of the molecule is Cc1ccc(C(=O)N(CCCO)C2CCC2)cc1C. The zero-order valence-corrected chi connectivity index (χ0v) is 11.9. The van der Waals surface area contributed by atoms with Gasteiger partial charge in [0.05, 0.1) is 0 Å². The highest BCUT2D eigenvalue weighted by atomic mass is 16.3. The van der Waals surface area contributed by atoms with Crippen LogP contribution in [0.1, 0.15) is 47.2 Å². The minimum Gasteiger partial charge on any atom is -0.396 e. The number of hydrogen-bond acceptors (Lipinski definition) is 2. The number of nitrogens with zero attached hydrogens (tertiary/aromatic N) is 1. The van der Waals surface area contributed by atoms with Crippen LogP contribution in [0.15, 0.2) is 18.2 Å². The molecule has 1 fully saturated rings. The topological polar surface area (TPSA) is 40.5 Å². The first-order valence-electron chi connectivity index (χ1n) is 7.12. The summed E-state index contributed by atoms with van der Waals surface area (Å²) in [5, 5.41) is 8.98. The third-order valence-corrected chi connectivity index (χ3v) is 4.09. The molecule has 0 spiro atoms. The lowest BCUT2D eigenvalue weighted by Gasteiger charge is -2.37. The van der Waals surface area contributed by atoms with Gasteiger partial charge in [-0.2, -0.15) is 0 Å². The van der Waals surface area contributed by atoms with Crippen molar-refractivity contribution in [3.05, 3.63) is 34.9 Å². The Labute approximate surface area is 115 Å². The van der Waals surface area contributed by atoms with E-state index in [0.29, 0.717) is 19.0 Å². The predicted octanol–water partition coefficient (Wildman–Crippen LogP) is 2.68. The maximum atomic E-state index is 12.6. The minimum atomic E-state index is 0.112. The van der Waals surface area contributed by atoms with Gasteiger partial charge in [-0.15, -0.1) is 0 Å². The van der Waals surface area contributed by atoms with E-state index in [4.69, 9.17) is 5.11 Å². The summed E-state index contributed by atoms with van der Waals surface area (Å²) in [5.74, 6) is 0.112. The second-order valence-electron chi connectivity index (χ2n) is 5.46. The third kappa shape index (κ3) is 3.16. The van der Waals surface area contributed by atoms with Gasteiger partial charge < -0.3 is 10.0 Å². The summed E-state index contributed by atoms with van der Waals surface area (Å²) >= 11 is 0. The van der Waals surface area contributed by atoms with E-state index < -0.39 is 0 Å². The van der Waals surface area contributed by atoms with Crippen LogP contribution in [0.4, 0.5) is 0 Å². The Morgan fingerprint density at radius 2 is 2.05 bits per heavy atom. The van der Waals surface area contributed by atoms with Crippen molar-refractivity contribution in [3.63, 3.8) is 0 Å². The molecule has 19 heavy (non-hydrogen) atoms. The van der Waals surface area contributed by atoms with Gasteiger partial charge in [0.1, 0.15) is 0 Å². The lowest BCUT2D eigenvalue weighted by atomic mass is 9.90. The van der Waals surface area contributed by atoms with Crippen LogP contribution in [-0.2, 0) is 0 Å². The van der Waals surface area contributed by atoms with Gasteiger partial charge in [-0.05, 0) is 62.8 Å². The van der Waals surface area contributed by atoms with Gasteiger partial charge in [0.2, 0.25) is 0 Å². The van der Waals surface area contributed by atoms with Crippen molar-refractivity contribution < 1.29 is 9.90 Å². The molecule has 1 amide bonds. The van der Waals surface area contributed by atoms with E-state index in [2.05, 4.69) is 6.92 Å². The smallest absolute Gasteiger partial charge is 0.254 e. The van der Waals surface area contributed by atoms with Crippen molar-refractivity contribution in [2.75, 3.05) is 13.2 Å².